The van der Waals surface area contributed by atoms with Gasteiger partial charge >= 0.3 is 0 Å². The van der Waals surface area contributed by atoms with E-state index in [-0.39, 0.29) is 6.04 Å². The molecule has 14 heavy (non-hydrogen) atoms. The first-order valence-electron chi connectivity index (χ1n) is 4.85. The Kier molecular flexibility index (Phi) is 2.70. The highest BCUT2D eigenvalue weighted by atomic mass is 16.5. The van der Waals surface area contributed by atoms with Crippen LogP contribution >= 0.6 is 0 Å². The Morgan fingerprint density at radius 3 is 3.21 bits per heavy atom. The summed E-state index contributed by atoms with van der Waals surface area (Å²) in [5, 5.41) is 12.8. The molecule has 1 heterocycles. The predicted octanol–water partition coefficient (Wildman–Crippen LogP) is 1.23. The van der Waals surface area contributed by atoms with Crippen LogP contribution in [0.25, 0.3) is 0 Å². The van der Waals surface area contributed by atoms with Gasteiger partial charge in [0.2, 0.25) is 0 Å². The van der Waals surface area contributed by atoms with Crippen LogP contribution in [0.15, 0.2) is 18.2 Å². The number of methoxy groups -OCH3 is 1. The van der Waals surface area contributed by atoms with Gasteiger partial charge in [0.05, 0.1) is 12.6 Å². The highest BCUT2D eigenvalue weighted by Crippen LogP contribution is 2.26. The fraction of sp³-hybridized carbons (Fsp3) is 0.455. The van der Waals surface area contributed by atoms with Gasteiger partial charge in [0.15, 0.2) is 0 Å². The van der Waals surface area contributed by atoms with Gasteiger partial charge in [-0.2, -0.15) is 0 Å². The van der Waals surface area contributed by atoms with Gasteiger partial charge in [-0.25, -0.2) is 0 Å². The first-order chi connectivity index (χ1) is 6.81. The number of rotatable bonds is 2. The smallest absolute Gasteiger partial charge is 0.115 e. The molecule has 0 saturated carbocycles. The van der Waals surface area contributed by atoms with Crippen LogP contribution < -0.4 is 5.32 Å². The fourth-order valence-electron chi connectivity index (χ4n) is 1.94. The van der Waals surface area contributed by atoms with E-state index in [1.54, 1.807) is 13.2 Å². The lowest BCUT2D eigenvalue weighted by Gasteiger charge is -2.26. The summed E-state index contributed by atoms with van der Waals surface area (Å²) in [4.78, 5) is 0. The predicted molar refractivity (Wildman–Crippen MR) is 54.4 cm³/mol. The van der Waals surface area contributed by atoms with E-state index in [1.807, 2.05) is 12.1 Å². The van der Waals surface area contributed by atoms with E-state index in [4.69, 9.17) is 4.74 Å². The Hall–Kier alpha value is -1.06. The topological polar surface area (TPSA) is 41.5 Å². The zero-order chi connectivity index (χ0) is 9.97. The van der Waals surface area contributed by atoms with E-state index < -0.39 is 0 Å². The van der Waals surface area contributed by atoms with Gasteiger partial charge in [-0.1, -0.05) is 6.07 Å². The van der Waals surface area contributed by atoms with E-state index in [0.29, 0.717) is 12.4 Å². The van der Waals surface area contributed by atoms with Crippen LogP contribution in [0.1, 0.15) is 17.2 Å². The minimum atomic E-state index is 0.218. The van der Waals surface area contributed by atoms with Crippen molar-refractivity contribution in [3.8, 4) is 5.75 Å². The van der Waals surface area contributed by atoms with Crippen LogP contribution in [-0.4, -0.2) is 25.4 Å². The van der Waals surface area contributed by atoms with Crippen molar-refractivity contribution in [2.45, 2.75) is 12.5 Å². The monoisotopic (exact) mass is 193 g/mol. The quantitative estimate of drug-likeness (QED) is 0.742. The van der Waals surface area contributed by atoms with Crippen molar-refractivity contribution < 1.29 is 9.84 Å². The maximum absolute atomic E-state index is 9.41. The standard InChI is InChI=1S/C11H15NO2/c1-14-7-11-10-6-9(13)3-2-8(10)4-5-12-11/h2-3,6,11-13H,4-5,7H2,1H3. The Bertz CT molecular complexity index is 325. The summed E-state index contributed by atoms with van der Waals surface area (Å²) >= 11 is 0. The Labute approximate surface area is 83.7 Å². The molecule has 1 aromatic rings. The number of phenolic OH excluding ortho intramolecular Hbond substituents is 1. The van der Waals surface area contributed by atoms with Crippen molar-refractivity contribution in [3.63, 3.8) is 0 Å². The molecule has 3 nitrogen and oxygen atoms in total. The van der Waals surface area contributed by atoms with E-state index in [1.165, 1.54) is 5.56 Å². The molecule has 1 aliphatic rings. The molecule has 2 rings (SSSR count). The van der Waals surface area contributed by atoms with Gasteiger partial charge in [0.1, 0.15) is 5.75 Å². The lowest BCUT2D eigenvalue weighted by Crippen LogP contribution is -2.32. The fourth-order valence-corrected chi connectivity index (χ4v) is 1.94. The highest BCUT2D eigenvalue weighted by Gasteiger charge is 2.19. The second-order valence-corrected chi connectivity index (χ2v) is 3.60. The lowest BCUT2D eigenvalue weighted by atomic mass is 9.94. The average molecular weight is 193 g/mol. The molecule has 3 heteroatoms. The molecule has 0 amide bonds. The Morgan fingerprint density at radius 2 is 2.43 bits per heavy atom. The Balaban J connectivity index is 2.32. The van der Waals surface area contributed by atoms with Crippen LogP contribution in [0, 0.1) is 0 Å². The molecular formula is C11H15NO2. The summed E-state index contributed by atoms with van der Waals surface area (Å²) in [6.07, 6.45) is 1.02. The van der Waals surface area contributed by atoms with Crippen molar-refractivity contribution >= 4 is 0 Å². The van der Waals surface area contributed by atoms with E-state index in [0.717, 1.165) is 18.5 Å². The number of aromatic hydroxyl groups is 1. The summed E-state index contributed by atoms with van der Waals surface area (Å²) < 4.78 is 5.13. The third kappa shape index (κ3) is 1.74. The van der Waals surface area contributed by atoms with Crippen LogP contribution in [0.3, 0.4) is 0 Å². The maximum Gasteiger partial charge on any atom is 0.115 e. The van der Waals surface area contributed by atoms with E-state index in [9.17, 15) is 5.11 Å². The number of ether oxygens (including phenoxy) is 1. The van der Waals surface area contributed by atoms with Crippen LogP contribution in [0.2, 0.25) is 0 Å². The van der Waals surface area contributed by atoms with Crippen LogP contribution in [-0.2, 0) is 11.2 Å². The van der Waals surface area contributed by atoms with Crippen molar-refractivity contribution in [2.75, 3.05) is 20.3 Å². The number of benzene rings is 1. The molecular weight excluding hydrogens is 178 g/mol. The highest BCUT2D eigenvalue weighted by molar-refractivity contribution is 5.38. The number of fused-ring (bicyclic) bond motifs is 1. The number of nitrogens with one attached hydrogen (secondary N) is 1. The first kappa shape index (κ1) is 9.49. The third-order valence-electron chi connectivity index (χ3n) is 2.62. The average Bonchev–Trinajstić information content (AvgIpc) is 2.19. The van der Waals surface area contributed by atoms with Gasteiger partial charge in [0, 0.05) is 7.11 Å². The normalized spacial score (nSPS) is 20.5. The van der Waals surface area contributed by atoms with Gasteiger partial charge in [-0.15, -0.1) is 0 Å². The molecule has 0 aliphatic carbocycles. The van der Waals surface area contributed by atoms with E-state index >= 15 is 0 Å². The molecule has 1 aromatic carbocycles. The third-order valence-corrected chi connectivity index (χ3v) is 2.62. The molecule has 2 N–H and O–H groups in total. The SMILES string of the molecule is COCC1NCCc2ccc(O)cc21. The Morgan fingerprint density at radius 1 is 1.57 bits per heavy atom. The molecule has 1 atom stereocenters. The molecule has 0 saturated heterocycles. The minimum absolute atomic E-state index is 0.218. The zero-order valence-corrected chi connectivity index (χ0v) is 8.29. The van der Waals surface area contributed by atoms with Crippen LogP contribution in [0.4, 0.5) is 0 Å². The van der Waals surface area contributed by atoms with Gasteiger partial charge < -0.3 is 15.2 Å². The van der Waals surface area contributed by atoms with Crippen molar-refractivity contribution in [2.24, 2.45) is 0 Å². The molecule has 0 bridgehead atoms. The summed E-state index contributed by atoms with van der Waals surface area (Å²) in [6.45, 7) is 1.63. The number of phenols is 1. The summed E-state index contributed by atoms with van der Waals surface area (Å²) in [5.41, 5.74) is 2.47. The van der Waals surface area contributed by atoms with Crippen molar-refractivity contribution in [3.05, 3.63) is 29.3 Å². The second-order valence-electron chi connectivity index (χ2n) is 3.60. The first-order valence-corrected chi connectivity index (χ1v) is 4.85. The number of hydrogen-bond acceptors (Lipinski definition) is 3. The van der Waals surface area contributed by atoms with Crippen molar-refractivity contribution in [1.29, 1.82) is 0 Å². The molecule has 76 valence electrons. The van der Waals surface area contributed by atoms with Crippen molar-refractivity contribution in [1.82, 2.24) is 5.32 Å². The molecule has 1 unspecified atom stereocenters. The van der Waals surface area contributed by atoms with Gasteiger partial charge in [-0.05, 0) is 36.2 Å². The summed E-state index contributed by atoms with van der Waals surface area (Å²) in [5.74, 6) is 0.327. The molecule has 0 radical (unpaired) electrons. The molecule has 0 aromatic heterocycles. The van der Waals surface area contributed by atoms with Gasteiger partial charge in [0.25, 0.3) is 0 Å². The minimum Gasteiger partial charge on any atom is -0.508 e. The molecule has 0 fully saturated rings. The zero-order valence-electron chi connectivity index (χ0n) is 8.29. The summed E-state index contributed by atoms with van der Waals surface area (Å²) in [6, 6.07) is 5.78. The number of hydrogen-bond donors (Lipinski definition) is 2. The van der Waals surface area contributed by atoms with Gasteiger partial charge in [-0.3, -0.25) is 0 Å². The van der Waals surface area contributed by atoms with E-state index in [2.05, 4.69) is 5.32 Å². The van der Waals surface area contributed by atoms with Crippen LogP contribution in [0.5, 0.6) is 5.75 Å². The summed E-state index contributed by atoms with van der Waals surface area (Å²) in [7, 11) is 1.69. The largest absolute Gasteiger partial charge is 0.508 e. The lowest BCUT2D eigenvalue weighted by molar-refractivity contribution is 0.164. The second kappa shape index (κ2) is 3.98. The molecule has 0 spiro atoms. The maximum atomic E-state index is 9.41. The molecule has 1 aliphatic heterocycles.